The molecule has 0 unspecified atom stereocenters. The van der Waals surface area contributed by atoms with Gasteiger partial charge in [0.05, 0.1) is 5.75 Å². The zero-order valence-electron chi connectivity index (χ0n) is 11.8. The summed E-state index contributed by atoms with van der Waals surface area (Å²) in [5, 5.41) is 11.1. The van der Waals surface area contributed by atoms with Crippen LogP contribution in [0.3, 0.4) is 0 Å². The summed E-state index contributed by atoms with van der Waals surface area (Å²) in [6.07, 6.45) is 0. The van der Waals surface area contributed by atoms with E-state index in [4.69, 9.17) is 4.42 Å². The van der Waals surface area contributed by atoms with Gasteiger partial charge in [0.1, 0.15) is 0 Å². The molecule has 2 rings (SSSR count). The summed E-state index contributed by atoms with van der Waals surface area (Å²) in [7, 11) is 0. The molecule has 0 saturated heterocycles. The van der Waals surface area contributed by atoms with Gasteiger partial charge in [0.25, 0.3) is 5.22 Å². The number of carbonyl (C=O) groups excluding carboxylic acids is 1. The molecule has 0 aliphatic carbocycles. The number of hydrogen-bond donors (Lipinski definition) is 1. The molecule has 0 aliphatic heterocycles. The molecular weight excluding hydrogens is 274 g/mol. The molecular formula is C14H17N3O2S. The molecule has 0 atom stereocenters. The molecule has 0 bridgehead atoms. The maximum Gasteiger partial charge on any atom is 0.277 e. The van der Waals surface area contributed by atoms with Crippen molar-refractivity contribution < 1.29 is 9.21 Å². The largest absolute Gasteiger partial charge is 0.411 e. The zero-order chi connectivity index (χ0) is 14.5. The van der Waals surface area contributed by atoms with Gasteiger partial charge in [0.15, 0.2) is 0 Å². The van der Waals surface area contributed by atoms with E-state index in [-0.39, 0.29) is 11.7 Å². The molecule has 5 nitrogen and oxygen atoms in total. The maximum atomic E-state index is 11.4. The summed E-state index contributed by atoms with van der Waals surface area (Å²) < 4.78 is 5.55. The quantitative estimate of drug-likeness (QED) is 0.858. The minimum Gasteiger partial charge on any atom is -0.411 e. The van der Waals surface area contributed by atoms with Gasteiger partial charge in [-0.05, 0) is 44.0 Å². The number of benzene rings is 1. The van der Waals surface area contributed by atoms with Crippen LogP contribution in [0, 0.1) is 13.8 Å². The minimum atomic E-state index is -0.0385. The van der Waals surface area contributed by atoms with E-state index in [0.717, 1.165) is 5.56 Å². The molecule has 1 N–H and O–H groups in total. The molecule has 1 amide bonds. The van der Waals surface area contributed by atoms with E-state index in [0.29, 0.717) is 17.7 Å². The van der Waals surface area contributed by atoms with E-state index < -0.39 is 0 Å². The molecule has 0 saturated carbocycles. The van der Waals surface area contributed by atoms with Gasteiger partial charge in [-0.2, -0.15) is 0 Å². The van der Waals surface area contributed by atoms with Gasteiger partial charge in [-0.3, -0.25) is 4.79 Å². The van der Waals surface area contributed by atoms with E-state index in [1.807, 2.05) is 32.0 Å². The number of thioether (sulfide) groups is 1. The number of nitrogens with one attached hydrogen (secondary N) is 1. The fraction of sp³-hybridized carbons (Fsp3) is 0.357. The highest BCUT2D eigenvalue weighted by Crippen LogP contribution is 2.24. The minimum absolute atomic E-state index is 0.0385. The number of carbonyl (C=O) groups is 1. The first-order chi connectivity index (χ1) is 9.60. The van der Waals surface area contributed by atoms with Crippen molar-refractivity contribution in [3.63, 3.8) is 0 Å². The lowest BCUT2D eigenvalue weighted by Gasteiger charge is -2.01. The first kappa shape index (κ1) is 14.6. The van der Waals surface area contributed by atoms with Crippen molar-refractivity contribution in [1.29, 1.82) is 0 Å². The Kier molecular flexibility index (Phi) is 4.79. The van der Waals surface area contributed by atoms with Gasteiger partial charge < -0.3 is 9.73 Å². The van der Waals surface area contributed by atoms with Gasteiger partial charge in [-0.15, -0.1) is 10.2 Å². The second-order valence-electron chi connectivity index (χ2n) is 4.41. The second kappa shape index (κ2) is 6.56. The first-order valence-corrected chi connectivity index (χ1v) is 7.39. The normalized spacial score (nSPS) is 10.6. The number of nitrogens with zero attached hydrogens (tertiary/aromatic N) is 2. The van der Waals surface area contributed by atoms with Crippen LogP contribution in [0.25, 0.3) is 11.5 Å². The first-order valence-electron chi connectivity index (χ1n) is 6.40. The Labute approximate surface area is 122 Å². The van der Waals surface area contributed by atoms with Crippen LogP contribution in [0.4, 0.5) is 0 Å². The van der Waals surface area contributed by atoms with E-state index in [1.54, 1.807) is 0 Å². The van der Waals surface area contributed by atoms with Crippen molar-refractivity contribution in [2.45, 2.75) is 26.0 Å². The number of aromatic nitrogens is 2. The predicted molar refractivity (Wildman–Crippen MR) is 78.6 cm³/mol. The lowest BCUT2D eigenvalue weighted by molar-refractivity contribution is -0.118. The van der Waals surface area contributed by atoms with Crippen molar-refractivity contribution >= 4 is 17.7 Å². The van der Waals surface area contributed by atoms with Crippen LogP contribution < -0.4 is 5.32 Å². The fourth-order valence-electron chi connectivity index (χ4n) is 1.63. The average molecular weight is 291 g/mol. The Morgan fingerprint density at radius 3 is 2.80 bits per heavy atom. The highest BCUT2D eigenvalue weighted by molar-refractivity contribution is 7.99. The summed E-state index contributed by atoms with van der Waals surface area (Å²) in [6.45, 7) is 6.60. The van der Waals surface area contributed by atoms with Gasteiger partial charge in [0.2, 0.25) is 11.8 Å². The molecule has 1 heterocycles. The predicted octanol–water partition coefficient (Wildman–Crippen LogP) is 2.58. The van der Waals surface area contributed by atoms with E-state index in [2.05, 4.69) is 22.4 Å². The molecule has 106 valence electrons. The van der Waals surface area contributed by atoms with Gasteiger partial charge in [-0.1, -0.05) is 17.8 Å². The molecule has 2 aromatic rings. The van der Waals surface area contributed by atoms with Crippen molar-refractivity contribution in [3.05, 3.63) is 29.3 Å². The third kappa shape index (κ3) is 3.60. The molecule has 0 fully saturated rings. The van der Waals surface area contributed by atoms with Crippen molar-refractivity contribution in [1.82, 2.24) is 15.5 Å². The van der Waals surface area contributed by atoms with Crippen LogP contribution >= 0.6 is 11.8 Å². The zero-order valence-corrected chi connectivity index (χ0v) is 12.6. The molecule has 0 radical (unpaired) electrons. The van der Waals surface area contributed by atoms with Crippen LogP contribution in [-0.2, 0) is 4.79 Å². The van der Waals surface area contributed by atoms with Gasteiger partial charge in [-0.25, -0.2) is 0 Å². The number of rotatable bonds is 5. The van der Waals surface area contributed by atoms with Crippen molar-refractivity contribution in [2.75, 3.05) is 12.3 Å². The van der Waals surface area contributed by atoms with Crippen LogP contribution in [0.2, 0.25) is 0 Å². The molecule has 1 aromatic carbocycles. The van der Waals surface area contributed by atoms with Crippen LogP contribution in [0.5, 0.6) is 0 Å². The Morgan fingerprint density at radius 1 is 1.30 bits per heavy atom. The van der Waals surface area contributed by atoms with E-state index in [1.165, 1.54) is 22.9 Å². The molecule has 0 aliphatic rings. The topological polar surface area (TPSA) is 68.0 Å². The Hall–Kier alpha value is -1.82. The lowest BCUT2D eigenvalue weighted by Crippen LogP contribution is -2.24. The summed E-state index contributed by atoms with van der Waals surface area (Å²) in [6, 6.07) is 5.99. The third-order valence-corrected chi connectivity index (χ3v) is 3.68. The molecule has 6 heteroatoms. The Balaban J connectivity index is 2.05. The molecule has 1 aromatic heterocycles. The number of aryl methyl sites for hydroxylation is 2. The lowest BCUT2D eigenvalue weighted by atomic mass is 10.1. The standard InChI is InChI=1S/C14H17N3O2S/c1-4-15-12(18)8-20-14-17-16-13(19-14)11-6-5-9(2)10(3)7-11/h5-7H,4,8H2,1-3H3,(H,15,18). The summed E-state index contributed by atoms with van der Waals surface area (Å²) in [5.41, 5.74) is 3.29. The van der Waals surface area contributed by atoms with Gasteiger partial charge in [0, 0.05) is 12.1 Å². The SMILES string of the molecule is CCNC(=O)CSc1nnc(-c2ccc(C)c(C)c2)o1. The number of hydrogen-bond acceptors (Lipinski definition) is 5. The summed E-state index contributed by atoms with van der Waals surface area (Å²) in [5.74, 6) is 0.720. The highest BCUT2D eigenvalue weighted by atomic mass is 32.2. The summed E-state index contributed by atoms with van der Waals surface area (Å²) >= 11 is 1.24. The van der Waals surface area contributed by atoms with Crippen LogP contribution in [0.15, 0.2) is 27.8 Å². The average Bonchev–Trinajstić information content (AvgIpc) is 2.89. The second-order valence-corrected chi connectivity index (χ2v) is 5.34. The Morgan fingerprint density at radius 2 is 2.10 bits per heavy atom. The van der Waals surface area contributed by atoms with Crippen LogP contribution in [0.1, 0.15) is 18.1 Å². The van der Waals surface area contributed by atoms with Crippen molar-refractivity contribution in [2.24, 2.45) is 0 Å². The molecule has 20 heavy (non-hydrogen) atoms. The Bertz CT molecular complexity index is 610. The smallest absolute Gasteiger partial charge is 0.277 e. The highest BCUT2D eigenvalue weighted by Gasteiger charge is 2.11. The maximum absolute atomic E-state index is 11.4. The van der Waals surface area contributed by atoms with Crippen LogP contribution in [-0.4, -0.2) is 28.4 Å². The van der Waals surface area contributed by atoms with Gasteiger partial charge >= 0.3 is 0 Å². The monoisotopic (exact) mass is 291 g/mol. The van der Waals surface area contributed by atoms with Crippen molar-refractivity contribution in [3.8, 4) is 11.5 Å². The van der Waals surface area contributed by atoms with E-state index in [9.17, 15) is 4.79 Å². The summed E-state index contributed by atoms with van der Waals surface area (Å²) in [4.78, 5) is 11.4. The van der Waals surface area contributed by atoms with E-state index >= 15 is 0 Å². The fourth-order valence-corrected chi connectivity index (χ4v) is 2.23. The third-order valence-electron chi connectivity index (χ3n) is 2.86. The molecule has 0 spiro atoms. The number of amides is 1.